The summed E-state index contributed by atoms with van der Waals surface area (Å²) < 4.78 is 5.80. The number of unbranched alkanes of at least 4 members (excludes halogenated alkanes) is 2. The Hall–Kier alpha value is -1.08. The minimum Gasteiger partial charge on any atom is -0.369 e. The molecule has 16 heavy (non-hydrogen) atoms. The van der Waals surface area contributed by atoms with Crippen molar-refractivity contribution >= 4 is 0 Å². The first-order chi connectivity index (χ1) is 7.90. The Morgan fingerprint density at radius 1 is 1.31 bits per heavy atom. The standard InChI is InChI=1S/C15H20O/c1-2-3-4-5-10-15-11-13-8-6-7-9-14(13)12-16-15/h5-10,15H,2-4,11-12H2,1H3/b10-5+. The maximum Gasteiger partial charge on any atom is 0.0800 e. The largest absolute Gasteiger partial charge is 0.369 e. The highest BCUT2D eigenvalue weighted by atomic mass is 16.5. The molecule has 0 saturated carbocycles. The van der Waals surface area contributed by atoms with E-state index in [0.717, 1.165) is 13.0 Å². The molecule has 0 N–H and O–H groups in total. The molecule has 1 aromatic rings. The summed E-state index contributed by atoms with van der Waals surface area (Å²) in [4.78, 5) is 0. The fourth-order valence-corrected chi connectivity index (χ4v) is 2.06. The minimum absolute atomic E-state index is 0.284. The van der Waals surface area contributed by atoms with Gasteiger partial charge in [0.15, 0.2) is 0 Å². The summed E-state index contributed by atoms with van der Waals surface area (Å²) in [5.74, 6) is 0. The van der Waals surface area contributed by atoms with E-state index in [1.807, 2.05) is 0 Å². The number of allylic oxidation sites excluding steroid dienone is 1. The summed E-state index contributed by atoms with van der Waals surface area (Å²) >= 11 is 0. The zero-order valence-corrected chi connectivity index (χ0v) is 9.99. The van der Waals surface area contributed by atoms with Crippen molar-refractivity contribution in [2.75, 3.05) is 0 Å². The molecule has 1 nitrogen and oxygen atoms in total. The van der Waals surface area contributed by atoms with E-state index < -0.39 is 0 Å². The summed E-state index contributed by atoms with van der Waals surface area (Å²) in [5, 5.41) is 0. The molecule has 0 saturated heterocycles. The molecule has 0 aliphatic carbocycles. The maximum atomic E-state index is 5.80. The lowest BCUT2D eigenvalue weighted by Crippen LogP contribution is -2.19. The van der Waals surface area contributed by atoms with Crippen LogP contribution in [0.1, 0.15) is 37.3 Å². The van der Waals surface area contributed by atoms with Crippen molar-refractivity contribution in [1.29, 1.82) is 0 Å². The Kier molecular flexibility index (Phi) is 4.17. The Labute approximate surface area is 98.1 Å². The second-order valence-electron chi connectivity index (χ2n) is 4.39. The average Bonchev–Trinajstić information content (AvgIpc) is 2.34. The molecule has 1 heterocycles. The lowest BCUT2D eigenvalue weighted by Gasteiger charge is -2.22. The summed E-state index contributed by atoms with van der Waals surface area (Å²) in [6.07, 6.45) is 9.52. The Morgan fingerprint density at radius 2 is 2.12 bits per heavy atom. The van der Waals surface area contributed by atoms with E-state index in [1.165, 1.54) is 30.4 Å². The Morgan fingerprint density at radius 3 is 2.94 bits per heavy atom. The van der Waals surface area contributed by atoms with Crippen LogP contribution in [0.5, 0.6) is 0 Å². The summed E-state index contributed by atoms with van der Waals surface area (Å²) in [5.41, 5.74) is 2.79. The van der Waals surface area contributed by atoms with Crippen molar-refractivity contribution < 1.29 is 4.74 Å². The highest BCUT2D eigenvalue weighted by molar-refractivity contribution is 5.29. The van der Waals surface area contributed by atoms with Crippen LogP contribution in [0.15, 0.2) is 36.4 Å². The molecule has 1 aliphatic heterocycles. The zero-order chi connectivity index (χ0) is 11.2. The van der Waals surface area contributed by atoms with Gasteiger partial charge in [0.2, 0.25) is 0 Å². The molecule has 1 aromatic carbocycles. The van der Waals surface area contributed by atoms with Crippen LogP contribution in [-0.2, 0) is 17.8 Å². The van der Waals surface area contributed by atoms with Gasteiger partial charge in [-0.1, -0.05) is 56.2 Å². The van der Waals surface area contributed by atoms with Crippen LogP contribution in [0, 0.1) is 0 Å². The van der Waals surface area contributed by atoms with Gasteiger partial charge in [0, 0.05) is 6.42 Å². The fraction of sp³-hybridized carbons (Fsp3) is 0.467. The van der Waals surface area contributed by atoms with E-state index in [1.54, 1.807) is 0 Å². The third-order valence-corrected chi connectivity index (χ3v) is 3.07. The number of hydrogen-bond acceptors (Lipinski definition) is 1. The number of benzene rings is 1. The van der Waals surface area contributed by atoms with Gasteiger partial charge in [-0.15, -0.1) is 0 Å². The first-order valence-corrected chi connectivity index (χ1v) is 6.25. The smallest absolute Gasteiger partial charge is 0.0800 e. The monoisotopic (exact) mass is 216 g/mol. The second kappa shape index (κ2) is 5.86. The molecule has 0 bridgehead atoms. The maximum absolute atomic E-state index is 5.80. The summed E-state index contributed by atoms with van der Waals surface area (Å²) in [6, 6.07) is 8.57. The number of ether oxygens (including phenoxy) is 1. The predicted molar refractivity (Wildman–Crippen MR) is 67.4 cm³/mol. The average molecular weight is 216 g/mol. The van der Waals surface area contributed by atoms with E-state index in [9.17, 15) is 0 Å². The Bertz CT molecular complexity index is 354. The van der Waals surface area contributed by atoms with Gasteiger partial charge < -0.3 is 4.74 Å². The van der Waals surface area contributed by atoms with Crippen molar-refractivity contribution in [2.24, 2.45) is 0 Å². The second-order valence-corrected chi connectivity index (χ2v) is 4.39. The van der Waals surface area contributed by atoms with E-state index in [4.69, 9.17) is 4.74 Å². The van der Waals surface area contributed by atoms with Crippen molar-refractivity contribution in [3.8, 4) is 0 Å². The third kappa shape index (κ3) is 2.96. The fourth-order valence-electron chi connectivity index (χ4n) is 2.06. The molecule has 1 heteroatoms. The van der Waals surface area contributed by atoms with Crippen molar-refractivity contribution in [2.45, 2.75) is 45.3 Å². The van der Waals surface area contributed by atoms with Gasteiger partial charge in [-0.2, -0.15) is 0 Å². The van der Waals surface area contributed by atoms with Gasteiger partial charge in [0.05, 0.1) is 12.7 Å². The van der Waals surface area contributed by atoms with Gasteiger partial charge in [0.1, 0.15) is 0 Å². The van der Waals surface area contributed by atoms with Gasteiger partial charge in [-0.3, -0.25) is 0 Å². The van der Waals surface area contributed by atoms with Crippen LogP contribution in [0.25, 0.3) is 0 Å². The molecular formula is C15H20O. The van der Waals surface area contributed by atoms with Gasteiger partial charge >= 0.3 is 0 Å². The van der Waals surface area contributed by atoms with E-state index >= 15 is 0 Å². The van der Waals surface area contributed by atoms with E-state index in [2.05, 4.69) is 43.3 Å². The highest BCUT2D eigenvalue weighted by Crippen LogP contribution is 2.20. The molecule has 0 spiro atoms. The van der Waals surface area contributed by atoms with Crippen molar-refractivity contribution in [3.05, 3.63) is 47.5 Å². The van der Waals surface area contributed by atoms with Crippen LogP contribution in [0.2, 0.25) is 0 Å². The first-order valence-electron chi connectivity index (χ1n) is 6.25. The van der Waals surface area contributed by atoms with Gasteiger partial charge in [0.25, 0.3) is 0 Å². The van der Waals surface area contributed by atoms with Crippen LogP contribution in [0.3, 0.4) is 0 Å². The molecule has 2 rings (SSSR count). The molecule has 86 valence electrons. The van der Waals surface area contributed by atoms with Crippen molar-refractivity contribution in [3.63, 3.8) is 0 Å². The normalized spacial score (nSPS) is 19.9. The Balaban J connectivity index is 1.90. The SMILES string of the molecule is CCCC/C=C/C1Cc2ccccc2CO1. The van der Waals surface area contributed by atoms with Crippen molar-refractivity contribution in [1.82, 2.24) is 0 Å². The highest BCUT2D eigenvalue weighted by Gasteiger charge is 2.15. The van der Waals surface area contributed by atoms with E-state index in [0.29, 0.717) is 0 Å². The lowest BCUT2D eigenvalue weighted by atomic mass is 9.99. The van der Waals surface area contributed by atoms with Crippen LogP contribution in [0.4, 0.5) is 0 Å². The quantitative estimate of drug-likeness (QED) is 0.548. The summed E-state index contributed by atoms with van der Waals surface area (Å²) in [6.45, 7) is 2.99. The molecule has 0 radical (unpaired) electrons. The van der Waals surface area contributed by atoms with Crippen LogP contribution < -0.4 is 0 Å². The minimum atomic E-state index is 0.284. The number of hydrogen-bond donors (Lipinski definition) is 0. The molecule has 0 amide bonds. The molecular weight excluding hydrogens is 196 g/mol. The number of rotatable bonds is 4. The van der Waals surface area contributed by atoms with Crippen LogP contribution >= 0.6 is 0 Å². The summed E-state index contributed by atoms with van der Waals surface area (Å²) in [7, 11) is 0. The molecule has 1 unspecified atom stereocenters. The molecule has 0 fully saturated rings. The predicted octanol–water partition coefficient (Wildman–Crippen LogP) is 3.87. The topological polar surface area (TPSA) is 9.23 Å². The molecule has 0 aromatic heterocycles. The molecule has 1 atom stereocenters. The third-order valence-electron chi connectivity index (χ3n) is 3.07. The van der Waals surface area contributed by atoms with Crippen LogP contribution in [-0.4, -0.2) is 6.10 Å². The van der Waals surface area contributed by atoms with Gasteiger partial charge in [-0.05, 0) is 17.5 Å². The van der Waals surface area contributed by atoms with Gasteiger partial charge in [-0.25, -0.2) is 0 Å². The molecule has 1 aliphatic rings. The lowest BCUT2D eigenvalue weighted by molar-refractivity contribution is 0.0594. The number of fused-ring (bicyclic) bond motifs is 1. The first kappa shape index (κ1) is 11.4. The zero-order valence-electron chi connectivity index (χ0n) is 9.99. The van der Waals surface area contributed by atoms with E-state index in [-0.39, 0.29) is 6.10 Å².